The minimum atomic E-state index is 0.136. The number of nitrogens with one attached hydrogen (secondary N) is 1. The lowest BCUT2D eigenvalue weighted by atomic mass is 10.2. The van der Waals surface area contributed by atoms with Gasteiger partial charge >= 0.3 is 0 Å². The third kappa shape index (κ3) is 6.72. The number of rotatable bonds is 9. The molecule has 0 saturated carbocycles. The zero-order valence-corrected chi connectivity index (χ0v) is 11.8. The first-order valence-corrected chi connectivity index (χ1v) is 6.61. The van der Waals surface area contributed by atoms with E-state index in [2.05, 4.69) is 11.9 Å². The molecule has 4 nitrogen and oxygen atoms in total. The summed E-state index contributed by atoms with van der Waals surface area (Å²) in [5, 5.41) is 3.27. The van der Waals surface area contributed by atoms with Crippen molar-refractivity contribution in [3.8, 4) is 5.75 Å². The van der Waals surface area contributed by atoms with Crippen LogP contribution in [0.2, 0.25) is 0 Å². The summed E-state index contributed by atoms with van der Waals surface area (Å²) in [6.45, 7) is 9.73. The van der Waals surface area contributed by atoms with Crippen LogP contribution >= 0.6 is 0 Å². The van der Waals surface area contributed by atoms with E-state index in [9.17, 15) is 0 Å². The van der Waals surface area contributed by atoms with Crippen molar-refractivity contribution in [1.29, 1.82) is 0 Å². The van der Waals surface area contributed by atoms with Gasteiger partial charge in [-0.05, 0) is 26.3 Å². The summed E-state index contributed by atoms with van der Waals surface area (Å²) in [5.41, 5.74) is 7.48. The number of anilines is 2. The third-order valence-electron chi connectivity index (χ3n) is 2.34. The summed E-state index contributed by atoms with van der Waals surface area (Å²) in [5.74, 6) is 0.782. The van der Waals surface area contributed by atoms with E-state index in [1.165, 1.54) is 0 Å². The van der Waals surface area contributed by atoms with Crippen molar-refractivity contribution in [3.05, 3.63) is 30.9 Å². The third-order valence-corrected chi connectivity index (χ3v) is 2.34. The zero-order valence-electron chi connectivity index (χ0n) is 11.8. The van der Waals surface area contributed by atoms with Gasteiger partial charge in [-0.3, -0.25) is 0 Å². The monoisotopic (exact) mass is 264 g/mol. The van der Waals surface area contributed by atoms with Crippen LogP contribution < -0.4 is 15.8 Å². The molecule has 0 unspecified atom stereocenters. The maximum absolute atomic E-state index is 5.84. The molecule has 1 aromatic carbocycles. The second-order valence-electron chi connectivity index (χ2n) is 4.57. The van der Waals surface area contributed by atoms with Crippen LogP contribution in [0.1, 0.15) is 20.3 Å². The maximum Gasteiger partial charge on any atom is 0.123 e. The first kappa shape index (κ1) is 15.4. The molecule has 0 atom stereocenters. The van der Waals surface area contributed by atoms with Gasteiger partial charge in [0.25, 0.3) is 0 Å². The molecule has 1 rings (SSSR count). The Morgan fingerprint density at radius 2 is 2.11 bits per heavy atom. The zero-order chi connectivity index (χ0) is 14.1. The second-order valence-corrected chi connectivity index (χ2v) is 4.57. The van der Waals surface area contributed by atoms with Crippen molar-refractivity contribution in [2.75, 3.05) is 30.8 Å². The molecule has 0 saturated heterocycles. The summed E-state index contributed by atoms with van der Waals surface area (Å²) in [4.78, 5) is 0. The van der Waals surface area contributed by atoms with Gasteiger partial charge in [0.2, 0.25) is 0 Å². The van der Waals surface area contributed by atoms with Gasteiger partial charge in [-0.15, -0.1) is 6.58 Å². The van der Waals surface area contributed by atoms with Gasteiger partial charge in [-0.25, -0.2) is 0 Å². The molecule has 0 bridgehead atoms. The van der Waals surface area contributed by atoms with E-state index in [-0.39, 0.29) is 6.10 Å². The second kappa shape index (κ2) is 8.43. The molecule has 0 aliphatic carbocycles. The smallest absolute Gasteiger partial charge is 0.123 e. The Hall–Kier alpha value is -1.68. The van der Waals surface area contributed by atoms with Crippen LogP contribution in [0, 0.1) is 0 Å². The topological polar surface area (TPSA) is 56.5 Å². The van der Waals surface area contributed by atoms with Crippen LogP contribution in [0.5, 0.6) is 5.75 Å². The molecule has 4 heteroatoms. The summed E-state index contributed by atoms with van der Waals surface area (Å²) < 4.78 is 11.1. The molecule has 0 radical (unpaired) electrons. The molecule has 0 aliphatic heterocycles. The van der Waals surface area contributed by atoms with Crippen molar-refractivity contribution < 1.29 is 9.47 Å². The van der Waals surface area contributed by atoms with Crippen LogP contribution in [0.4, 0.5) is 11.4 Å². The Kier molecular flexibility index (Phi) is 6.82. The average molecular weight is 264 g/mol. The van der Waals surface area contributed by atoms with Crippen molar-refractivity contribution in [1.82, 2.24) is 0 Å². The van der Waals surface area contributed by atoms with Crippen LogP contribution in [0.3, 0.4) is 0 Å². The molecule has 3 N–H and O–H groups in total. The standard InChI is InChI=1S/C15H24N2O2/c1-4-5-7-18-8-6-17-14-9-13(16)10-15(11-14)19-12(2)3/h4,9-12,17H,1,5-8,16H2,2-3H3. The SMILES string of the molecule is C=CCCOCCNc1cc(N)cc(OC(C)C)c1. The number of nitrogen functional groups attached to an aromatic ring is 1. The van der Waals surface area contributed by atoms with Gasteiger partial charge in [0.1, 0.15) is 5.75 Å². The Morgan fingerprint density at radius 3 is 2.79 bits per heavy atom. The molecule has 0 fully saturated rings. The first-order valence-electron chi connectivity index (χ1n) is 6.61. The molecule has 0 spiro atoms. The minimum absolute atomic E-state index is 0.136. The number of ether oxygens (including phenoxy) is 2. The Labute approximate surface area is 115 Å². The van der Waals surface area contributed by atoms with Crippen LogP contribution in [0.25, 0.3) is 0 Å². The highest BCUT2D eigenvalue weighted by atomic mass is 16.5. The molecule has 0 amide bonds. The minimum Gasteiger partial charge on any atom is -0.491 e. The van der Waals surface area contributed by atoms with E-state index in [0.717, 1.165) is 24.4 Å². The molecule has 106 valence electrons. The van der Waals surface area contributed by atoms with Gasteiger partial charge in [0, 0.05) is 30.1 Å². The normalized spacial score (nSPS) is 10.5. The largest absolute Gasteiger partial charge is 0.491 e. The quantitative estimate of drug-likeness (QED) is 0.409. The van der Waals surface area contributed by atoms with E-state index < -0.39 is 0 Å². The summed E-state index contributed by atoms with van der Waals surface area (Å²) in [6, 6.07) is 5.66. The van der Waals surface area contributed by atoms with E-state index in [1.54, 1.807) is 0 Å². The highest BCUT2D eigenvalue weighted by Gasteiger charge is 2.02. The highest BCUT2D eigenvalue weighted by Crippen LogP contribution is 2.23. The van der Waals surface area contributed by atoms with Crippen molar-refractivity contribution in [3.63, 3.8) is 0 Å². The number of hydrogen-bond donors (Lipinski definition) is 2. The lowest BCUT2D eigenvalue weighted by Gasteiger charge is -2.13. The lowest BCUT2D eigenvalue weighted by Crippen LogP contribution is -2.11. The Bertz CT molecular complexity index is 392. The molecule has 19 heavy (non-hydrogen) atoms. The van der Waals surface area contributed by atoms with E-state index in [4.69, 9.17) is 15.2 Å². The predicted molar refractivity (Wildman–Crippen MR) is 80.7 cm³/mol. The number of benzene rings is 1. The Morgan fingerprint density at radius 1 is 1.32 bits per heavy atom. The van der Waals surface area contributed by atoms with Gasteiger partial charge in [0.05, 0.1) is 19.3 Å². The van der Waals surface area contributed by atoms with E-state index in [0.29, 0.717) is 18.9 Å². The van der Waals surface area contributed by atoms with Gasteiger partial charge in [-0.1, -0.05) is 6.08 Å². The number of nitrogens with two attached hydrogens (primary N) is 1. The molecule has 0 heterocycles. The van der Waals surface area contributed by atoms with Crippen LogP contribution in [-0.4, -0.2) is 25.9 Å². The molecule has 0 aromatic heterocycles. The first-order chi connectivity index (χ1) is 9.11. The van der Waals surface area contributed by atoms with Crippen molar-refractivity contribution in [2.45, 2.75) is 26.4 Å². The average Bonchev–Trinajstić information content (AvgIpc) is 2.32. The summed E-state index contributed by atoms with van der Waals surface area (Å²) in [6.07, 6.45) is 2.86. The molecular weight excluding hydrogens is 240 g/mol. The molecule has 1 aromatic rings. The van der Waals surface area contributed by atoms with Crippen LogP contribution in [0.15, 0.2) is 30.9 Å². The predicted octanol–water partition coefficient (Wildman–Crippen LogP) is 3.06. The fourth-order valence-electron chi connectivity index (χ4n) is 1.60. The summed E-state index contributed by atoms with van der Waals surface area (Å²) in [7, 11) is 0. The molecular formula is C15H24N2O2. The van der Waals surface area contributed by atoms with Gasteiger partial charge in [-0.2, -0.15) is 0 Å². The van der Waals surface area contributed by atoms with Gasteiger partial charge in [0.15, 0.2) is 0 Å². The van der Waals surface area contributed by atoms with Crippen molar-refractivity contribution in [2.24, 2.45) is 0 Å². The fraction of sp³-hybridized carbons (Fsp3) is 0.467. The molecule has 0 aliphatic rings. The Balaban J connectivity index is 2.40. The van der Waals surface area contributed by atoms with E-state index in [1.807, 2.05) is 38.1 Å². The fourth-order valence-corrected chi connectivity index (χ4v) is 1.60. The van der Waals surface area contributed by atoms with E-state index >= 15 is 0 Å². The van der Waals surface area contributed by atoms with Crippen molar-refractivity contribution >= 4 is 11.4 Å². The van der Waals surface area contributed by atoms with Gasteiger partial charge < -0.3 is 20.5 Å². The number of hydrogen-bond acceptors (Lipinski definition) is 4. The summed E-state index contributed by atoms with van der Waals surface area (Å²) >= 11 is 0. The lowest BCUT2D eigenvalue weighted by molar-refractivity contribution is 0.149. The van der Waals surface area contributed by atoms with Crippen LogP contribution in [-0.2, 0) is 4.74 Å². The maximum atomic E-state index is 5.84. The highest BCUT2D eigenvalue weighted by molar-refractivity contribution is 5.59.